The van der Waals surface area contributed by atoms with Gasteiger partial charge in [0.15, 0.2) is 5.72 Å². The zero-order valence-electron chi connectivity index (χ0n) is 5.02. The van der Waals surface area contributed by atoms with Crippen LogP contribution in [0, 0.1) is 5.92 Å². The maximum atomic E-state index is 8.97. The molecule has 0 bridgehead atoms. The molecule has 1 aliphatic carbocycles. The fraction of sp³-hybridized carbons (Fsp3) is 1.00. The lowest BCUT2D eigenvalue weighted by molar-refractivity contribution is -0.575. The molecule has 1 fully saturated rings. The van der Waals surface area contributed by atoms with Gasteiger partial charge >= 0.3 is 0 Å². The maximum Gasteiger partial charge on any atom is 0.196 e. The monoisotopic (exact) mass is 137 g/mol. The van der Waals surface area contributed by atoms with Crippen LogP contribution in [0.2, 0.25) is 0 Å². The van der Waals surface area contributed by atoms with Crippen LogP contribution in [0.3, 0.4) is 0 Å². The van der Waals surface area contributed by atoms with Gasteiger partial charge in [0.05, 0.1) is 0 Å². The summed E-state index contributed by atoms with van der Waals surface area (Å²) in [7, 11) is 0. The molecule has 1 rings (SSSR count). The Balaban J connectivity index is 0.000000490. The highest BCUT2D eigenvalue weighted by Crippen LogP contribution is 2.30. The Morgan fingerprint density at radius 2 is 2.00 bits per heavy atom. The second-order valence-corrected chi connectivity index (χ2v) is 2.74. The molecule has 0 aromatic heterocycles. The number of hydrogen-bond donors (Lipinski definition) is 2. The average Bonchev–Trinajstić information content (AvgIpc) is 1.27. The molecule has 50 valence electrons. The molecule has 1 aliphatic rings. The normalized spacial score (nSPS) is 44.6. The third-order valence-corrected chi connectivity index (χ3v) is 1.46. The Kier molecular flexibility index (Phi) is 2.27. The van der Waals surface area contributed by atoms with Crippen LogP contribution in [-0.2, 0) is 0 Å². The zero-order chi connectivity index (χ0) is 5.49. The molecule has 0 aromatic carbocycles. The molecule has 0 heterocycles. The summed E-state index contributed by atoms with van der Waals surface area (Å²) < 4.78 is 0. The minimum absolute atomic E-state index is 0. The molecule has 4 N–H and O–H groups in total. The van der Waals surface area contributed by atoms with E-state index in [1.54, 1.807) is 0 Å². The Morgan fingerprint density at radius 1 is 1.62 bits per heavy atom. The van der Waals surface area contributed by atoms with E-state index in [2.05, 4.69) is 12.7 Å². The van der Waals surface area contributed by atoms with Gasteiger partial charge in [-0.25, -0.2) is 0 Å². The van der Waals surface area contributed by atoms with E-state index in [0.29, 0.717) is 5.92 Å². The van der Waals surface area contributed by atoms with E-state index in [9.17, 15) is 0 Å². The highest BCUT2D eigenvalue weighted by atomic mass is 35.5. The molecule has 0 aliphatic heterocycles. The van der Waals surface area contributed by atoms with Crippen molar-refractivity contribution in [3.63, 3.8) is 0 Å². The zero-order valence-corrected chi connectivity index (χ0v) is 5.78. The van der Waals surface area contributed by atoms with Gasteiger partial charge in [-0.2, -0.15) is 0 Å². The van der Waals surface area contributed by atoms with Crippen LogP contribution in [-0.4, -0.2) is 10.8 Å². The van der Waals surface area contributed by atoms with Crippen molar-refractivity contribution in [2.24, 2.45) is 5.92 Å². The van der Waals surface area contributed by atoms with Crippen molar-refractivity contribution in [1.82, 2.24) is 0 Å². The number of aliphatic hydroxyl groups is 1. The van der Waals surface area contributed by atoms with Crippen molar-refractivity contribution >= 4 is 0 Å². The number of rotatable bonds is 0. The van der Waals surface area contributed by atoms with Crippen molar-refractivity contribution in [1.29, 1.82) is 0 Å². The van der Waals surface area contributed by atoms with E-state index < -0.39 is 5.72 Å². The fourth-order valence-corrected chi connectivity index (χ4v) is 1.24. The van der Waals surface area contributed by atoms with Crippen LogP contribution < -0.4 is 18.1 Å². The topological polar surface area (TPSA) is 47.9 Å². The van der Waals surface area contributed by atoms with Crippen molar-refractivity contribution in [3.8, 4) is 0 Å². The molecule has 0 amide bonds. The van der Waals surface area contributed by atoms with Gasteiger partial charge in [0.25, 0.3) is 0 Å². The molecule has 0 aromatic rings. The maximum absolute atomic E-state index is 8.97. The minimum atomic E-state index is -0.556. The molecular weight excluding hydrogens is 126 g/mol. The summed E-state index contributed by atoms with van der Waals surface area (Å²) in [5, 5.41) is 8.97. The van der Waals surface area contributed by atoms with Crippen LogP contribution in [0.5, 0.6) is 0 Å². The smallest absolute Gasteiger partial charge is 0.196 e. The van der Waals surface area contributed by atoms with Gasteiger partial charge in [-0.3, -0.25) is 0 Å². The van der Waals surface area contributed by atoms with Crippen molar-refractivity contribution in [2.45, 2.75) is 25.5 Å². The lowest BCUT2D eigenvalue weighted by Crippen LogP contribution is -3.00. The van der Waals surface area contributed by atoms with Crippen LogP contribution >= 0.6 is 0 Å². The first kappa shape index (κ1) is 8.21. The Morgan fingerprint density at radius 3 is 2.00 bits per heavy atom. The second kappa shape index (κ2) is 2.21. The van der Waals surface area contributed by atoms with E-state index in [0.717, 1.165) is 12.8 Å². The van der Waals surface area contributed by atoms with Crippen molar-refractivity contribution in [3.05, 3.63) is 0 Å². The molecule has 0 unspecified atom stereocenters. The summed E-state index contributed by atoms with van der Waals surface area (Å²) in [6.07, 6.45) is 1.76. The van der Waals surface area contributed by atoms with Gasteiger partial charge < -0.3 is 23.2 Å². The minimum Gasteiger partial charge on any atom is -1.00 e. The van der Waals surface area contributed by atoms with E-state index in [1.807, 2.05) is 0 Å². The van der Waals surface area contributed by atoms with Gasteiger partial charge in [-0.1, -0.05) is 6.92 Å². The third-order valence-electron chi connectivity index (χ3n) is 1.46. The highest BCUT2D eigenvalue weighted by molar-refractivity contribution is 4.79. The Bertz CT molecular complexity index is 76.5. The second-order valence-electron chi connectivity index (χ2n) is 2.74. The quantitative estimate of drug-likeness (QED) is 0.333. The largest absolute Gasteiger partial charge is 1.00 e. The van der Waals surface area contributed by atoms with Crippen LogP contribution in [0.15, 0.2) is 0 Å². The molecule has 0 spiro atoms. The molecule has 0 saturated heterocycles. The third kappa shape index (κ3) is 1.62. The SMILES string of the molecule is CC1CC([NH3+])(O)C1.[Cl-]. The van der Waals surface area contributed by atoms with Gasteiger partial charge in [-0.05, 0) is 5.92 Å². The summed E-state index contributed by atoms with van der Waals surface area (Å²) in [4.78, 5) is 0. The molecular formula is C5H12ClNO. The summed E-state index contributed by atoms with van der Waals surface area (Å²) in [6, 6.07) is 0. The lowest BCUT2D eigenvalue weighted by atomic mass is 9.79. The predicted molar refractivity (Wildman–Crippen MR) is 26.2 cm³/mol. The standard InChI is InChI=1S/C5H11NO.ClH/c1-4-2-5(6,7)3-4;/h4,7H,2-3,6H2,1H3;1H. The van der Waals surface area contributed by atoms with Crippen molar-refractivity contribution in [2.75, 3.05) is 0 Å². The highest BCUT2D eigenvalue weighted by Gasteiger charge is 2.40. The Labute approximate surface area is 55.5 Å². The summed E-state index contributed by atoms with van der Waals surface area (Å²) in [5.41, 5.74) is 3.03. The average molecular weight is 138 g/mol. The molecule has 3 heteroatoms. The molecule has 0 atom stereocenters. The van der Waals surface area contributed by atoms with E-state index in [1.165, 1.54) is 0 Å². The predicted octanol–water partition coefficient (Wildman–Crippen LogP) is -3.65. The Hall–Kier alpha value is 0.210. The van der Waals surface area contributed by atoms with Crippen molar-refractivity contribution < 1.29 is 23.2 Å². The van der Waals surface area contributed by atoms with Gasteiger partial charge in [0, 0.05) is 12.8 Å². The van der Waals surface area contributed by atoms with Crippen LogP contribution in [0.25, 0.3) is 0 Å². The molecule has 0 radical (unpaired) electrons. The van der Waals surface area contributed by atoms with E-state index >= 15 is 0 Å². The van der Waals surface area contributed by atoms with Crippen LogP contribution in [0.1, 0.15) is 19.8 Å². The van der Waals surface area contributed by atoms with Crippen LogP contribution in [0.4, 0.5) is 0 Å². The lowest BCUT2D eigenvalue weighted by Gasteiger charge is -2.34. The van der Waals surface area contributed by atoms with E-state index in [4.69, 9.17) is 5.11 Å². The van der Waals surface area contributed by atoms with E-state index in [-0.39, 0.29) is 12.4 Å². The van der Waals surface area contributed by atoms with Gasteiger partial charge in [-0.15, -0.1) is 0 Å². The molecule has 8 heavy (non-hydrogen) atoms. The number of hydrogen-bond acceptors (Lipinski definition) is 1. The first-order valence-corrected chi connectivity index (χ1v) is 2.68. The summed E-state index contributed by atoms with van der Waals surface area (Å²) in [5.74, 6) is 0.697. The summed E-state index contributed by atoms with van der Waals surface area (Å²) in [6.45, 7) is 2.12. The molecule has 2 nitrogen and oxygen atoms in total. The fourth-order valence-electron chi connectivity index (χ4n) is 1.24. The first-order chi connectivity index (χ1) is 3.10. The first-order valence-electron chi connectivity index (χ1n) is 2.68. The molecule has 1 saturated carbocycles. The summed E-state index contributed by atoms with van der Waals surface area (Å²) >= 11 is 0. The number of halogens is 1. The van der Waals surface area contributed by atoms with Gasteiger partial charge in [0.1, 0.15) is 0 Å². The van der Waals surface area contributed by atoms with Gasteiger partial charge in [0.2, 0.25) is 0 Å². The number of quaternary nitrogens is 1.